The number of carbonyl (C=O) groups is 16. The van der Waals surface area contributed by atoms with Gasteiger partial charge in [-0.25, -0.2) is 4.98 Å². The predicted octanol–water partition coefficient (Wildman–Crippen LogP) is 0.388. The van der Waals surface area contributed by atoms with Gasteiger partial charge in [-0.1, -0.05) is 172 Å². The number of benzene rings is 2. The Hall–Kier alpha value is -12.1. The fourth-order valence-corrected chi connectivity index (χ4v) is 15.7. The zero-order valence-corrected chi connectivity index (χ0v) is 75.5. The molecule has 4 aromatic rings. The molecule has 2 saturated heterocycles. The van der Waals surface area contributed by atoms with Crippen LogP contribution in [0.15, 0.2) is 73.3 Å². The lowest BCUT2D eigenvalue weighted by atomic mass is 10.0. The van der Waals surface area contributed by atoms with E-state index in [9.17, 15) is 82.8 Å². The van der Waals surface area contributed by atoms with Gasteiger partial charge in [-0.05, 0) is 88.3 Å². The number of guanidine groups is 1. The highest BCUT2D eigenvalue weighted by Gasteiger charge is 2.45. The third-order valence-corrected chi connectivity index (χ3v) is 23.1. The van der Waals surface area contributed by atoms with Gasteiger partial charge in [0, 0.05) is 100.0 Å². The molecule has 131 heavy (non-hydrogen) atoms. The molecule has 0 saturated carbocycles. The number of para-hydroxylation sites is 1. The first-order chi connectivity index (χ1) is 62.8. The summed E-state index contributed by atoms with van der Waals surface area (Å²) >= 11 is 0. The van der Waals surface area contributed by atoms with E-state index < -0.39 is 244 Å². The number of imidazole rings is 1. The fourth-order valence-electron chi connectivity index (χ4n) is 15.7. The van der Waals surface area contributed by atoms with Crippen LogP contribution in [-0.4, -0.2) is 252 Å². The van der Waals surface area contributed by atoms with Crippen molar-refractivity contribution >= 4 is 111 Å². The first kappa shape index (κ1) is 108. The molecule has 4 unspecified atom stereocenters. The maximum absolute atomic E-state index is 15.3. The molecule has 2 fully saturated rings. The number of aromatic nitrogens is 3. The molecule has 14 atom stereocenters. The third-order valence-electron chi connectivity index (χ3n) is 23.1. The Bertz CT molecular complexity index is 4360. The Balaban J connectivity index is 1.20. The van der Waals surface area contributed by atoms with Gasteiger partial charge < -0.3 is 122 Å². The summed E-state index contributed by atoms with van der Waals surface area (Å²) in [5.74, 6) is -16.2. The topological polar surface area (TPSA) is 660 Å². The average Bonchev–Trinajstić information content (AvgIpc) is 1.73. The van der Waals surface area contributed by atoms with Gasteiger partial charge in [0.2, 0.25) is 88.6 Å². The number of nitrogens with one attached hydrogen (secondary N) is 16. The van der Waals surface area contributed by atoms with Crippen LogP contribution in [-0.2, 0) is 96.0 Å². The van der Waals surface area contributed by atoms with Crippen molar-refractivity contribution in [1.29, 1.82) is 5.41 Å². The van der Waals surface area contributed by atoms with Gasteiger partial charge in [-0.2, -0.15) is 0 Å². The second-order valence-electron chi connectivity index (χ2n) is 33.9. The van der Waals surface area contributed by atoms with Gasteiger partial charge in [0.1, 0.15) is 72.5 Å². The number of nitrogens with two attached hydrogens (primary N) is 3. The van der Waals surface area contributed by atoms with Gasteiger partial charge in [0.25, 0.3) is 0 Å². The number of aliphatic hydroxyl groups is 3. The maximum Gasteiger partial charge on any atom is 0.303 e. The van der Waals surface area contributed by atoms with E-state index in [2.05, 4.69) is 91.0 Å². The summed E-state index contributed by atoms with van der Waals surface area (Å²) in [4.78, 5) is 237. The Labute approximate surface area is 763 Å². The van der Waals surface area contributed by atoms with Crippen molar-refractivity contribution < 1.29 is 97.1 Å². The van der Waals surface area contributed by atoms with Gasteiger partial charge >= 0.3 is 5.97 Å². The summed E-state index contributed by atoms with van der Waals surface area (Å²) in [7, 11) is 0. The second kappa shape index (κ2) is 58.5. The minimum Gasteiger partial charge on any atom is -0.481 e. The number of rotatable bonds is 52. The highest BCUT2D eigenvalue weighted by atomic mass is 16.4. The number of carboxylic acids is 1. The number of fused-ring (bicyclic) bond motifs is 2. The average molecular weight is 1840 g/mol. The lowest BCUT2D eigenvalue weighted by molar-refractivity contribution is -0.143. The molecule has 0 aliphatic carbocycles. The minimum atomic E-state index is -1.94. The zero-order valence-electron chi connectivity index (χ0n) is 75.5. The van der Waals surface area contributed by atoms with E-state index in [0.717, 1.165) is 43.9 Å². The van der Waals surface area contributed by atoms with Gasteiger partial charge in [-0.3, -0.25) is 82.1 Å². The van der Waals surface area contributed by atoms with Crippen LogP contribution in [0.2, 0.25) is 0 Å². The summed E-state index contributed by atoms with van der Waals surface area (Å²) in [5.41, 5.74) is 19.0. The van der Waals surface area contributed by atoms with E-state index in [1.165, 1.54) is 76.7 Å². The Kier molecular flexibility index (Phi) is 48.1. The Morgan fingerprint density at radius 1 is 0.580 bits per heavy atom. The van der Waals surface area contributed by atoms with Crippen LogP contribution in [0, 0.1) is 5.41 Å². The number of carboxylic acid groups (broad SMARTS) is 1. The number of primary amides is 2. The van der Waals surface area contributed by atoms with Crippen molar-refractivity contribution in [3.8, 4) is 0 Å². The second-order valence-corrected chi connectivity index (χ2v) is 33.9. The van der Waals surface area contributed by atoms with E-state index in [0.29, 0.717) is 34.9 Å². The van der Waals surface area contributed by atoms with Gasteiger partial charge in [-0.15, -0.1) is 0 Å². The van der Waals surface area contributed by atoms with Gasteiger partial charge in [0.05, 0.1) is 25.1 Å². The predicted molar refractivity (Wildman–Crippen MR) is 484 cm³/mol. The van der Waals surface area contributed by atoms with Crippen molar-refractivity contribution in [2.24, 2.45) is 17.2 Å². The summed E-state index contributed by atoms with van der Waals surface area (Å²) < 4.78 is 0. The van der Waals surface area contributed by atoms with Crippen molar-refractivity contribution in [3.05, 3.63) is 90.1 Å². The number of hydrogen-bond donors (Lipinski definition) is 23. The molecule has 2 aromatic carbocycles. The van der Waals surface area contributed by atoms with Crippen LogP contribution in [0.4, 0.5) is 0 Å². The van der Waals surface area contributed by atoms with Crippen LogP contribution >= 0.6 is 0 Å². The number of aliphatic hydroxyl groups excluding tert-OH is 3. The molecule has 724 valence electrons. The highest BCUT2D eigenvalue weighted by molar-refractivity contribution is 6.01. The van der Waals surface area contributed by atoms with Crippen LogP contribution in [0.1, 0.15) is 243 Å². The zero-order chi connectivity index (χ0) is 95.7. The molecule has 41 nitrogen and oxygen atoms in total. The van der Waals surface area contributed by atoms with Crippen LogP contribution in [0.3, 0.4) is 0 Å². The van der Waals surface area contributed by atoms with Gasteiger partial charge in [0.15, 0.2) is 5.96 Å². The molecular formula is C90H139N21O20. The third kappa shape index (κ3) is 39.2. The first-order valence-corrected chi connectivity index (χ1v) is 46.1. The van der Waals surface area contributed by atoms with Crippen LogP contribution < -0.4 is 86.3 Å². The number of aromatic amines is 2. The van der Waals surface area contributed by atoms with Crippen molar-refractivity contribution in [1.82, 2.24) is 89.0 Å². The van der Waals surface area contributed by atoms with Crippen molar-refractivity contribution in [3.63, 3.8) is 0 Å². The number of hydrogen-bond acceptors (Lipinski definition) is 21. The molecule has 26 N–H and O–H groups in total. The van der Waals surface area contributed by atoms with E-state index in [1.807, 2.05) is 6.07 Å². The number of carbonyl (C=O) groups excluding carboxylic acids is 15. The SMILES string of the molecule is CCCCCCCCCCCCCCCCCCC(=O)NC(CCC(=O)O)C(=O)N[C@H](C(=O)N[C@@H](CCC(N)=O)C(=O)N[C@@H](Cc1cnc[nH]1)C(=O)N[C@@H](CO)C(=O)N[C@@H](CCCC)C(=O)N[C@H]1CCC(=O)NCCCC[C@@H](C(N)=O)NC(=O)[C@H](Cc2c[nH]c3ccccc23)NC(=O)[C@H](CCCNC(=N)N)NC(=O)C(Cc2ccccc2)NC(=O)[C@@H]2CC(O)CN2C1=O)C(C)O. The lowest BCUT2D eigenvalue weighted by Crippen LogP contribution is -2.62. The molecule has 4 heterocycles. The molecule has 0 radical (unpaired) electrons. The Morgan fingerprint density at radius 2 is 1.14 bits per heavy atom. The number of unbranched alkanes of at least 4 members (excludes halogenated alkanes) is 16. The maximum atomic E-state index is 15.3. The summed E-state index contributed by atoms with van der Waals surface area (Å²) in [6, 6.07) is -3.95. The first-order valence-electron chi connectivity index (χ1n) is 46.1. The lowest BCUT2D eigenvalue weighted by Gasteiger charge is -2.31. The highest BCUT2D eigenvalue weighted by Crippen LogP contribution is 2.25. The van der Waals surface area contributed by atoms with Crippen molar-refractivity contribution in [2.45, 2.75) is 330 Å². The van der Waals surface area contributed by atoms with E-state index in [1.54, 1.807) is 61.7 Å². The van der Waals surface area contributed by atoms with Crippen molar-refractivity contribution in [2.75, 3.05) is 26.2 Å². The number of nitrogens with zero attached hydrogens (tertiary/aromatic N) is 2. The molecule has 2 aromatic heterocycles. The largest absolute Gasteiger partial charge is 0.481 e. The molecule has 2 aliphatic heterocycles. The molecule has 0 spiro atoms. The number of aliphatic carboxylic acids is 1. The molecule has 0 bridgehead atoms. The summed E-state index contributed by atoms with van der Waals surface area (Å²) in [6.07, 6.45) is 15.4. The van der Waals surface area contributed by atoms with E-state index in [-0.39, 0.29) is 89.0 Å². The fraction of sp³-hybridized carbons (Fsp3) is 0.622. The summed E-state index contributed by atoms with van der Waals surface area (Å²) in [6.45, 7) is 3.42. The number of amides is 15. The number of H-pyrrole nitrogens is 2. The normalized spacial score (nSPS) is 19.6. The minimum absolute atomic E-state index is 0.00903. The Morgan fingerprint density at radius 3 is 1.76 bits per heavy atom. The smallest absolute Gasteiger partial charge is 0.303 e. The summed E-state index contributed by atoms with van der Waals surface area (Å²) in [5, 5.41) is 84.8. The molecular weight excluding hydrogens is 1700 g/mol. The molecule has 2 aliphatic rings. The molecule has 6 rings (SSSR count). The van der Waals surface area contributed by atoms with Crippen LogP contribution in [0.5, 0.6) is 0 Å². The van der Waals surface area contributed by atoms with E-state index >= 15 is 14.4 Å². The van der Waals surface area contributed by atoms with E-state index in [4.69, 9.17) is 22.6 Å². The standard InChI is InChI=1S/C90H139N21O20/c1-4-6-8-9-10-11-12-13-14-15-16-17-18-19-20-24-37-75(117)100-65(40-43-76(118)119)82(124)110-77(55(3)113)88(130)104-66(38-41-73(91)115)81(123)107-70(48-58-51-95-54-99-58)85(127)109-71(53-112)86(128)103-63(33-7-5-2)79(121)105-67-39-42-74(116)96-44-28-27-35-62(78(92)120)101-84(126)69(47-57-50-98-61-34-26-25-32-60(57)61)106-80(122)64(36-29-45-97-90(93)94)102-83(125)68(46-56-30-22-21-23-31-56)108-87(129)72-49-59(114)52-111(72)89(67)131/h21-23,25-26,30-32,34,50-51,54-55,59,62-72,77,98,112-114H,4-20,24,27-29,33,35-49,52-53H2,1-3H3,(H2,91,115)(H2,92,120)(H,95,99)(H,96,116)(H,100,117)(H,101,126)(H,102,125)(H,103,128)(H,104,130)(H,105,121)(H,106,122)(H,107,123)(H,108,129)(H,109,127)(H,110,124)(H,118,119)(H4,93,94,97)/t55?,59?,62-,63-,64-,65?,66-,67-,68?,69-,70-,71-,72-,77-/m0/s1. The quantitative estimate of drug-likeness (QED) is 0.0161. The molecule has 41 heteroatoms. The molecule has 15 amide bonds. The van der Waals surface area contributed by atoms with Crippen LogP contribution in [0.25, 0.3) is 10.9 Å². The monoisotopic (exact) mass is 1830 g/mol.